The molecule has 6 nitrogen and oxygen atoms in total. The van der Waals surface area contributed by atoms with Gasteiger partial charge in [-0.25, -0.2) is 9.97 Å². The first-order chi connectivity index (χ1) is 6.25. The molecule has 66 valence electrons. The van der Waals surface area contributed by atoms with E-state index in [0.29, 0.717) is 17.3 Å². The Balaban J connectivity index is 2.53. The smallest absolute Gasteiger partial charge is 0.183 e. The van der Waals surface area contributed by atoms with Crippen LogP contribution in [0.1, 0.15) is 5.69 Å². The molecule has 2 aromatic heterocycles. The van der Waals surface area contributed by atoms with Gasteiger partial charge in [0, 0.05) is 11.8 Å². The number of nitrogen functional groups attached to an aromatic ring is 1. The number of anilines is 1. The van der Waals surface area contributed by atoms with Crippen molar-refractivity contribution in [1.29, 1.82) is 0 Å². The average Bonchev–Trinajstić information content (AvgIpc) is 2.53. The van der Waals surface area contributed by atoms with Crippen LogP contribution in [0.4, 0.5) is 5.82 Å². The zero-order valence-corrected chi connectivity index (χ0v) is 7.02. The van der Waals surface area contributed by atoms with Crippen molar-refractivity contribution in [1.82, 2.24) is 25.4 Å². The number of H-pyrrole nitrogens is 1. The van der Waals surface area contributed by atoms with Crippen molar-refractivity contribution >= 4 is 5.82 Å². The second-order valence-corrected chi connectivity index (χ2v) is 2.61. The first-order valence-corrected chi connectivity index (χ1v) is 3.73. The number of nitrogens with one attached hydrogen (secondary N) is 1. The number of aromatic amines is 1. The van der Waals surface area contributed by atoms with E-state index >= 15 is 0 Å². The molecule has 2 aromatic rings. The Bertz CT molecular complexity index is 387. The van der Waals surface area contributed by atoms with Crippen LogP contribution in [-0.2, 0) is 0 Å². The van der Waals surface area contributed by atoms with Gasteiger partial charge in [0.25, 0.3) is 0 Å². The van der Waals surface area contributed by atoms with Crippen LogP contribution in [0.15, 0.2) is 12.3 Å². The van der Waals surface area contributed by atoms with Gasteiger partial charge in [-0.15, -0.1) is 0 Å². The Morgan fingerprint density at radius 1 is 1.38 bits per heavy atom. The lowest BCUT2D eigenvalue weighted by Crippen LogP contribution is -1.97. The first-order valence-electron chi connectivity index (χ1n) is 3.73. The average molecular weight is 176 g/mol. The minimum absolute atomic E-state index is 0.436. The molecule has 0 amide bonds. The van der Waals surface area contributed by atoms with Gasteiger partial charge < -0.3 is 5.73 Å². The molecule has 0 unspecified atom stereocenters. The molecule has 0 aliphatic carbocycles. The summed E-state index contributed by atoms with van der Waals surface area (Å²) in [4.78, 5) is 8.18. The third-order valence-electron chi connectivity index (χ3n) is 1.52. The topological polar surface area (TPSA) is 93.4 Å². The number of nitrogens with zero attached hydrogens (tertiary/aromatic N) is 4. The molecule has 6 heteroatoms. The predicted molar refractivity (Wildman–Crippen MR) is 46.6 cm³/mol. The van der Waals surface area contributed by atoms with E-state index in [9.17, 15) is 0 Å². The lowest BCUT2D eigenvalue weighted by Gasteiger charge is -1.98. The van der Waals surface area contributed by atoms with E-state index in [1.54, 1.807) is 12.3 Å². The van der Waals surface area contributed by atoms with E-state index < -0.39 is 0 Å². The highest BCUT2D eigenvalue weighted by atomic mass is 15.3. The summed E-state index contributed by atoms with van der Waals surface area (Å²) in [6.45, 7) is 1.85. The van der Waals surface area contributed by atoms with E-state index in [4.69, 9.17) is 5.73 Å². The molecule has 0 saturated heterocycles. The van der Waals surface area contributed by atoms with Gasteiger partial charge in [-0.2, -0.15) is 15.4 Å². The maximum Gasteiger partial charge on any atom is 0.183 e. The fourth-order valence-electron chi connectivity index (χ4n) is 1.02. The number of aromatic nitrogens is 5. The standard InChI is InChI=1S/C7H8N6/c1-4-2-6(8)11-7(10-4)5-3-9-13-12-5/h2-3H,1H3,(H2,8,10,11)(H,9,12,13). The second-order valence-electron chi connectivity index (χ2n) is 2.61. The third kappa shape index (κ3) is 1.46. The Hall–Kier alpha value is -1.98. The second kappa shape index (κ2) is 2.81. The van der Waals surface area contributed by atoms with E-state index in [-0.39, 0.29) is 0 Å². The molecule has 2 rings (SSSR count). The summed E-state index contributed by atoms with van der Waals surface area (Å²) in [6.07, 6.45) is 1.55. The number of aryl methyl sites for hydroxylation is 1. The SMILES string of the molecule is Cc1cc(N)nc(-c2cn[nH]n2)n1. The lowest BCUT2D eigenvalue weighted by atomic mass is 10.4. The van der Waals surface area contributed by atoms with Gasteiger partial charge in [0.2, 0.25) is 0 Å². The quantitative estimate of drug-likeness (QED) is 0.645. The van der Waals surface area contributed by atoms with E-state index in [1.807, 2.05) is 6.92 Å². The predicted octanol–water partition coefficient (Wildman–Crippen LogP) is 0.152. The molecule has 0 atom stereocenters. The summed E-state index contributed by atoms with van der Waals surface area (Å²) in [5.41, 5.74) is 6.96. The lowest BCUT2D eigenvalue weighted by molar-refractivity contribution is 0.937. The third-order valence-corrected chi connectivity index (χ3v) is 1.52. The minimum atomic E-state index is 0.436. The maximum atomic E-state index is 5.56. The molecule has 2 heterocycles. The normalized spacial score (nSPS) is 10.2. The van der Waals surface area contributed by atoms with Gasteiger partial charge in [0.15, 0.2) is 5.82 Å². The van der Waals surface area contributed by atoms with Crippen molar-refractivity contribution in [3.8, 4) is 11.5 Å². The summed E-state index contributed by atoms with van der Waals surface area (Å²) >= 11 is 0. The van der Waals surface area contributed by atoms with Crippen molar-refractivity contribution in [3.05, 3.63) is 18.0 Å². The van der Waals surface area contributed by atoms with Crippen LogP contribution in [0.2, 0.25) is 0 Å². The van der Waals surface area contributed by atoms with Gasteiger partial charge >= 0.3 is 0 Å². The first kappa shape index (κ1) is 7.66. The minimum Gasteiger partial charge on any atom is -0.384 e. The molecule has 0 saturated carbocycles. The van der Waals surface area contributed by atoms with Crippen LogP contribution in [0.5, 0.6) is 0 Å². The number of hydrogen-bond acceptors (Lipinski definition) is 5. The summed E-state index contributed by atoms with van der Waals surface area (Å²) in [6, 6.07) is 1.70. The van der Waals surface area contributed by atoms with Crippen LogP contribution < -0.4 is 5.73 Å². The van der Waals surface area contributed by atoms with Crippen molar-refractivity contribution in [2.75, 3.05) is 5.73 Å². The van der Waals surface area contributed by atoms with Crippen LogP contribution in [0.25, 0.3) is 11.5 Å². The van der Waals surface area contributed by atoms with E-state index in [1.165, 1.54) is 0 Å². The molecule has 0 fully saturated rings. The molecular formula is C7H8N6. The number of nitrogens with two attached hydrogens (primary N) is 1. The molecule has 3 N–H and O–H groups in total. The van der Waals surface area contributed by atoms with Crippen molar-refractivity contribution in [2.24, 2.45) is 0 Å². The molecular weight excluding hydrogens is 168 g/mol. The van der Waals surface area contributed by atoms with Crippen molar-refractivity contribution in [3.63, 3.8) is 0 Å². The maximum absolute atomic E-state index is 5.56. The summed E-state index contributed by atoms with van der Waals surface area (Å²) in [5.74, 6) is 0.928. The molecule has 0 aromatic carbocycles. The van der Waals surface area contributed by atoms with Gasteiger partial charge in [0.05, 0.1) is 6.20 Å². The Morgan fingerprint density at radius 2 is 2.23 bits per heavy atom. The van der Waals surface area contributed by atoms with E-state index in [0.717, 1.165) is 5.69 Å². The largest absolute Gasteiger partial charge is 0.384 e. The highest BCUT2D eigenvalue weighted by Crippen LogP contribution is 2.11. The molecule has 0 bridgehead atoms. The number of hydrogen-bond donors (Lipinski definition) is 2. The van der Waals surface area contributed by atoms with Crippen LogP contribution in [0.3, 0.4) is 0 Å². The zero-order valence-electron chi connectivity index (χ0n) is 7.02. The van der Waals surface area contributed by atoms with Gasteiger partial charge in [-0.1, -0.05) is 0 Å². The molecule has 0 radical (unpaired) electrons. The summed E-state index contributed by atoms with van der Waals surface area (Å²) < 4.78 is 0. The molecule has 13 heavy (non-hydrogen) atoms. The van der Waals surface area contributed by atoms with Crippen molar-refractivity contribution in [2.45, 2.75) is 6.92 Å². The molecule has 0 spiro atoms. The van der Waals surface area contributed by atoms with Crippen LogP contribution in [-0.4, -0.2) is 25.4 Å². The Kier molecular flexibility index (Phi) is 1.66. The Labute approximate surface area is 74.2 Å². The Morgan fingerprint density at radius 3 is 2.85 bits per heavy atom. The molecule has 0 aliphatic rings. The van der Waals surface area contributed by atoms with Crippen molar-refractivity contribution < 1.29 is 0 Å². The van der Waals surface area contributed by atoms with Crippen LogP contribution in [0, 0.1) is 6.92 Å². The van der Waals surface area contributed by atoms with Gasteiger partial charge in [0.1, 0.15) is 11.5 Å². The van der Waals surface area contributed by atoms with Crippen LogP contribution >= 0.6 is 0 Å². The van der Waals surface area contributed by atoms with Gasteiger partial charge in [-0.3, -0.25) is 0 Å². The number of rotatable bonds is 1. The highest BCUT2D eigenvalue weighted by Gasteiger charge is 2.05. The highest BCUT2D eigenvalue weighted by molar-refractivity contribution is 5.49. The summed E-state index contributed by atoms with van der Waals surface area (Å²) in [5, 5.41) is 10.00. The fraction of sp³-hybridized carbons (Fsp3) is 0.143. The fourth-order valence-corrected chi connectivity index (χ4v) is 1.02. The van der Waals surface area contributed by atoms with E-state index in [2.05, 4.69) is 25.4 Å². The molecule has 0 aliphatic heterocycles. The monoisotopic (exact) mass is 176 g/mol. The zero-order chi connectivity index (χ0) is 9.26. The summed E-state index contributed by atoms with van der Waals surface area (Å²) in [7, 11) is 0. The van der Waals surface area contributed by atoms with Gasteiger partial charge in [-0.05, 0) is 6.92 Å².